The van der Waals surface area contributed by atoms with Gasteiger partial charge in [-0.15, -0.1) is 0 Å². The number of ether oxygens (including phenoxy) is 1. The minimum Gasteiger partial charge on any atom is -0.465 e. The highest BCUT2D eigenvalue weighted by atomic mass is 35.5. The highest BCUT2D eigenvalue weighted by Crippen LogP contribution is 2.45. The number of aliphatic hydroxyl groups is 1. The van der Waals surface area contributed by atoms with Crippen molar-refractivity contribution in [1.29, 1.82) is 0 Å². The molecule has 2 aromatic rings. The molecule has 1 aliphatic heterocycles. The van der Waals surface area contributed by atoms with Gasteiger partial charge in [0.2, 0.25) is 0 Å². The Morgan fingerprint density at radius 2 is 2.03 bits per heavy atom. The lowest BCUT2D eigenvalue weighted by atomic mass is 9.72. The predicted molar refractivity (Wildman–Crippen MR) is 127 cm³/mol. The van der Waals surface area contributed by atoms with Crippen molar-refractivity contribution in [3.8, 4) is 11.1 Å². The number of methoxy groups -OCH3 is 1. The van der Waals surface area contributed by atoms with Crippen LogP contribution in [0.2, 0.25) is 5.02 Å². The number of aryl methyl sites for hydroxylation is 1. The third kappa shape index (κ3) is 5.78. The molecule has 7 nitrogen and oxygen atoms in total. The Labute approximate surface area is 199 Å². The predicted octanol–water partition coefficient (Wildman–Crippen LogP) is 5.03. The van der Waals surface area contributed by atoms with Crippen LogP contribution in [0.1, 0.15) is 36.8 Å². The fraction of sp³-hybridized carbons (Fsp3) is 0.440. The molecule has 1 saturated heterocycles. The Bertz CT molecular complexity index is 999. The molecule has 33 heavy (non-hydrogen) atoms. The largest absolute Gasteiger partial charge is 0.465 e. The van der Waals surface area contributed by atoms with Gasteiger partial charge in [0.15, 0.2) is 0 Å². The number of nitrogens with one attached hydrogen (secondary N) is 1. The summed E-state index contributed by atoms with van der Waals surface area (Å²) in [5.74, 6) is -0.317. The molecule has 0 spiro atoms. The molecule has 2 aromatic carbocycles. The number of rotatable bonds is 7. The molecule has 0 aliphatic carbocycles. The zero-order chi connectivity index (χ0) is 24.0. The van der Waals surface area contributed by atoms with E-state index in [1.807, 2.05) is 43.3 Å². The number of carbonyl (C=O) groups excluding carboxylic acids is 1. The van der Waals surface area contributed by atoms with Gasteiger partial charge in [-0.2, -0.15) is 0 Å². The molecule has 0 bridgehead atoms. The van der Waals surface area contributed by atoms with Gasteiger partial charge in [-0.1, -0.05) is 53.6 Å². The smallest absolute Gasteiger partial charge is 0.407 e. The van der Waals surface area contributed by atoms with Crippen molar-refractivity contribution >= 4 is 23.8 Å². The molecule has 3 rings (SSSR count). The number of likely N-dealkylation sites (tertiary alicyclic amines) is 1. The van der Waals surface area contributed by atoms with E-state index in [9.17, 15) is 19.8 Å². The standard InChI is InChI=1S/C25H31ClN2O5/c1-17-7-3-8-18(15-17)22-20(10-4-11-21(22)26)25(32,12-6-13-27-23(29)33-2)19-9-5-14-28(16-19)24(30)31/h3-4,7-8,10-11,15,19,32H,5-6,9,12-14,16H2,1-2H3,(H,27,29)(H,30,31)/t19-,25?/m1/s1. The highest BCUT2D eigenvalue weighted by molar-refractivity contribution is 6.33. The number of amides is 2. The maximum Gasteiger partial charge on any atom is 0.407 e. The molecule has 2 atom stereocenters. The lowest BCUT2D eigenvalue weighted by molar-refractivity contribution is -0.0570. The van der Waals surface area contributed by atoms with E-state index in [-0.39, 0.29) is 12.5 Å². The van der Waals surface area contributed by atoms with Crippen LogP contribution < -0.4 is 5.32 Å². The van der Waals surface area contributed by atoms with Crippen molar-refractivity contribution in [2.24, 2.45) is 5.92 Å². The topological polar surface area (TPSA) is 99.1 Å². The number of hydrogen-bond donors (Lipinski definition) is 3. The van der Waals surface area contributed by atoms with Gasteiger partial charge >= 0.3 is 12.2 Å². The molecule has 178 valence electrons. The molecule has 1 fully saturated rings. The van der Waals surface area contributed by atoms with E-state index in [2.05, 4.69) is 10.1 Å². The van der Waals surface area contributed by atoms with E-state index in [0.717, 1.165) is 16.7 Å². The summed E-state index contributed by atoms with van der Waals surface area (Å²) in [6, 6.07) is 13.4. The third-order valence-electron chi connectivity index (χ3n) is 6.34. The molecule has 0 radical (unpaired) electrons. The Kier molecular flexibility index (Phi) is 8.21. The first-order valence-corrected chi connectivity index (χ1v) is 11.5. The summed E-state index contributed by atoms with van der Waals surface area (Å²) in [5.41, 5.74) is 2.05. The van der Waals surface area contributed by atoms with Crippen LogP contribution in [-0.4, -0.2) is 54.0 Å². The number of alkyl carbamates (subject to hydrolysis) is 1. The Balaban J connectivity index is 2.03. The van der Waals surface area contributed by atoms with Crippen molar-refractivity contribution in [2.75, 3.05) is 26.7 Å². The summed E-state index contributed by atoms with van der Waals surface area (Å²) in [6.07, 6.45) is 0.643. The summed E-state index contributed by atoms with van der Waals surface area (Å²) in [7, 11) is 1.30. The Hall–Kier alpha value is -2.77. The van der Waals surface area contributed by atoms with E-state index >= 15 is 0 Å². The van der Waals surface area contributed by atoms with E-state index in [1.54, 1.807) is 6.07 Å². The van der Waals surface area contributed by atoms with E-state index < -0.39 is 17.8 Å². The van der Waals surface area contributed by atoms with E-state index in [0.29, 0.717) is 49.4 Å². The molecule has 3 N–H and O–H groups in total. The van der Waals surface area contributed by atoms with E-state index in [1.165, 1.54) is 12.0 Å². The molecule has 2 amide bonds. The number of carboxylic acid groups (broad SMARTS) is 1. The van der Waals surface area contributed by atoms with E-state index in [4.69, 9.17) is 11.6 Å². The fourth-order valence-electron chi connectivity index (χ4n) is 4.70. The van der Waals surface area contributed by atoms with Crippen molar-refractivity contribution in [3.63, 3.8) is 0 Å². The first-order chi connectivity index (χ1) is 15.8. The number of carbonyl (C=O) groups is 2. The SMILES string of the molecule is COC(=O)NCCCC(O)(c1cccc(Cl)c1-c1cccc(C)c1)[C@@H]1CCCN(C(=O)O)C1. The molecular weight excluding hydrogens is 444 g/mol. The normalized spacial score (nSPS) is 17.8. The summed E-state index contributed by atoms with van der Waals surface area (Å²) in [5, 5.41) is 25.0. The van der Waals surface area contributed by atoms with Gasteiger partial charge in [-0.25, -0.2) is 9.59 Å². The van der Waals surface area contributed by atoms with Gasteiger partial charge in [0.25, 0.3) is 0 Å². The summed E-state index contributed by atoms with van der Waals surface area (Å²) < 4.78 is 4.63. The fourth-order valence-corrected chi connectivity index (χ4v) is 4.98. The maximum absolute atomic E-state index is 12.2. The van der Waals surface area contributed by atoms with Crippen LogP contribution in [0, 0.1) is 12.8 Å². The highest BCUT2D eigenvalue weighted by Gasteiger charge is 2.42. The first-order valence-electron chi connectivity index (χ1n) is 11.1. The zero-order valence-electron chi connectivity index (χ0n) is 19.0. The van der Waals surface area contributed by atoms with Gasteiger partial charge < -0.3 is 25.2 Å². The number of piperidine rings is 1. The second kappa shape index (κ2) is 10.9. The van der Waals surface area contributed by atoms with Crippen LogP contribution >= 0.6 is 11.6 Å². The van der Waals surface area contributed by atoms with Crippen LogP contribution in [0.5, 0.6) is 0 Å². The average molecular weight is 475 g/mol. The molecule has 0 saturated carbocycles. The Morgan fingerprint density at radius 1 is 1.27 bits per heavy atom. The number of nitrogens with zero attached hydrogens (tertiary/aromatic N) is 1. The summed E-state index contributed by atoms with van der Waals surface area (Å²) in [4.78, 5) is 24.5. The zero-order valence-corrected chi connectivity index (χ0v) is 19.8. The minimum absolute atomic E-state index is 0.232. The van der Waals surface area contributed by atoms with Crippen LogP contribution in [0.15, 0.2) is 42.5 Å². The van der Waals surface area contributed by atoms with Crippen LogP contribution in [0.3, 0.4) is 0 Å². The number of hydrogen-bond acceptors (Lipinski definition) is 4. The van der Waals surface area contributed by atoms with Crippen molar-refractivity contribution in [2.45, 2.75) is 38.2 Å². The lowest BCUT2D eigenvalue weighted by Crippen LogP contribution is -2.48. The average Bonchev–Trinajstić information content (AvgIpc) is 2.81. The minimum atomic E-state index is -1.34. The third-order valence-corrected chi connectivity index (χ3v) is 6.66. The van der Waals surface area contributed by atoms with Gasteiger partial charge in [-0.3, -0.25) is 0 Å². The van der Waals surface area contributed by atoms with Gasteiger partial charge in [0, 0.05) is 36.1 Å². The first kappa shape index (κ1) is 24.9. The second-order valence-corrected chi connectivity index (χ2v) is 8.95. The van der Waals surface area contributed by atoms with Crippen LogP contribution in [0.25, 0.3) is 11.1 Å². The van der Waals surface area contributed by atoms with Gasteiger partial charge in [0.05, 0.1) is 12.7 Å². The number of halogens is 1. The lowest BCUT2D eigenvalue weighted by Gasteiger charge is -2.43. The van der Waals surface area contributed by atoms with Crippen molar-refractivity contribution < 1.29 is 24.5 Å². The number of benzene rings is 2. The molecule has 0 aromatic heterocycles. The summed E-state index contributed by atoms with van der Waals surface area (Å²) in [6.45, 7) is 3.00. The molecule has 1 aliphatic rings. The molecule has 8 heteroatoms. The monoisotopic (exact) mass is 474 g/mol. The quantitative estimate of drug-likeness (QED) is 0.489. The molecular formula is C25H31ClN2O5. The summed E-state index contributed by atoms with van der Waals surface area (Å²) >= 11 is 6.67. The maximum atomic E-state index is 12.2. The Morgan fingerprint density at radius 3 is 2.73 bits per heavy atom. The van der Waals surface area contributed by atoms with Crippen LogP contribution in [0.4, 0.5) is 9.59 Å². The van der Waals surface area contributed by atoms with Crippen molar-refractivity contribution in [3.05, 3.63) is 58.6 Å². The second-order valence-electron chi connectivity index (χ2n) is 8.55. The molecule has 1 heterocycles. The molecule has 1 unspecified atom stereocenters. The van der Waals surface area contributed by atoms with Gasteiger partial charge in [0.1, 0.15) is 0 Å². The van der Waals surface area contributed by atoms with Crippen molar-refractivity contribution in [1.82, 2.24) is 10.2 Å². The van der Waals surface area contributed by atoms with Crippen LogP contribution in [-0.2, 0) is 10.3 Å². The van der Waals surface area contributed by atoms with Gasteiger partial charge in [-0.05, 0) is 49.8 Å².